The third-order valence-electron chi connectivity index (χ3n) is 1.88. The summed E-state index contributed by atoms with van der Waals surface area (Å²) < 4.78 is 0. The lowest BCUT2D eigenvalue weighted by atomic mass is 10.2. The molecule has 13 heavy (non-hydrogen) atoms. The van der Waals surface area contributed by atoms with E-state index in [0.29, 0.717) is 0 Å². The van der Waals surface area contributed by atoms with Gasteiger partial charge in [0.05, 0.1) is 11.4 Å². The molecule has 0 unspecified atom stereocenters. The predicted octanol–water partition coefficient (Wildman–Crippen LogP) is 3.52. The molecule has 0 aromatic heterocycles. The van der Waals surface area contributed by atoms with Crippen LogP contribution in [0, 0.1) is 0 Å². The van der Waals surface area contributed by atoms with E-state index in [1.54, 1.807) is 0 Å². The van der Waals surface area contributed by atoms with Gasteiger partial charge >= 0.3 is 0 Å². The van der Waals surface area contributed by atoms with Crippen LogP contribution in [0.25, 0.3) is 0 Å². The van der Waals surface area contributed by atoms with Crippen LogP contribution in [0.5, 0.6) is 0 Å². The highest BCUT2D eigenvalue weighted by atomic mass is 14.8. The standard InChI is InChI=1S/C11H14N2/c1-4-9(2)13-11-8-6-5-7-10(11)12-3/h5-8H,3-4H2,1-2H3. The van der Waals surface area contributed by atoms with E-state index in [4.69, 9.17) is 0 Å². The van der Waals surface area contributed by atoms with Crippen LogP contribution in [-0.4, -0.2) is 12.4 Å². The molecule has 0 aliphatic rings. The Morgan fingerprint density at radius 1 is 1.31 bits per heavy atom. The number of hydrogen-bond donors (Lipinski definition) is 0. The second kappa shape index (κ2) is 4.55. The van der Waals surface area contributed by atoms with Crippen LogP contribution in [-0.2, 0) is 0 Å². The lowest BCUT2D eigenvalue weighted by Gasteiger charge is -2.00. The van der Waals surface area contributed by atoms with Crippen LogP contribution in [0.15, 0.2) is 34.3 Å². The molecule has 0 atom stereocenters. The molecule has 0 spiro atoms. The van der Waals surface area contributed by atoms with E-state index in [2.05, 4.69) is 23.6 Å². The van der Waals surface area contributed by atoms with Gasteiger partial charge in [-0.2, -0.15) is 0 Å². The highest BCUT2D eigenvalue weighted by Crippen LogP contribution is 2.26. The Bertz CT molecular complexity index is 327. The van der Waals surface area contributed by atoms with Gasteiger partial charge in [0.2, 0.25) is 0 Å². The van der Waals surface area contributed by atoms with Gasteiger partial charge in [-0.3, -0.25) is 9.98 Å². The van der Waals surface area contributed by atoms with Gasteiger partial charge in [0.25, 0.3) is 0 Å². The zero-order valence-electron chi connectivity index (χ0n) is 8.12. The van der Waals surface area contributed by atoms with Gasteiger partial charge in [0, 0.05) is 5.71 Å². The van der Waals surface area contributed by atoms with Crippen molar-refractivity contribution in [3.05, 3.63) is 24.3 Å². The van der Waals surface area contributed by atoms with Gasteiger partial charge in [-0.25, -0.2) is 0 Å². The fourth-order valence-electron chi connectivity index (χ4n) is 0.977. The summed E-state index contributed by atoms with van der Waals surface area (Å²) in [6, 6.07) is 7.75. The molecular formula is C11H14N2. The average molecular weight is 174 g/mol. The summed E-state index contributed by atoms with van der Waals surface area (Å²) in [7, 11) is 0. The Kier molecular flexibility index (Phi) is 3.38. The van der Waals surface area contributed by atoms with Gasteiger partial charge in [-0.05, 0) is 32.2 Å². The summed E-state index contributed by atoms with van der Waals surface area (Å²) >= 11 is 0. The SMILES string of the molecule is C=Nc1ccccc1N=C(C)CC. The van der Waals surface area contributed by atoms with E-state index in [-0.39, 0.29) is 0 Å². The minimum absolute atomic E-state index is 0.843. The molecule has 2 heteroatoms. The summed E-state index contributed by atoms with van der Waals surface area (Å²) in [6.07, 6.45) is 0.964. The van der Waals surface area contributed by atoms with Gasteiger partial charge < -0.3 is 0 Å². The second-order valence-corrected chi connectivity index (χ2v) is 2.85. The molecular weight excluding hydrogens is 160 g/mol. The van der Waals surface area contributed by atoms with Gasteiger partial charge in [-0.1, -0.05) is 19.1 Å². The van der Waals surface area contributed by atoms with Crippen molar-refractivity contribution in [1.82, 2.24) is 0 Å². The van der Waals surface area contributed by atoms with Crippen LogP contribution in [0.4, 0.5) is 11.4 Å². The number of para-hydroxylation sites is 2. The first-order valence-corrected chi connectivity index (χ1v) is 4.38. The zero-order valence-corrected chi connectivity index (χ0v) is 8.12. The zero-order chi connectivity index (χ0) is 9.68. The van der Waals surface area contributed by atoms with E-state index >= 15 is 0 Å². The fourth-order valence-corrected chi connectivity index (χ4v) is 0.977. The van der Waals surface area contributed by atoms with E-state index in [0.717, 1.165) is 23.5 Å². The van der Waals surface area contributed by atoms with Crippen LogP contribution < -0.4 is 0 Å². The fraction of sp³-hybridized carbons (Fsp3) is 0.273. The number of nitrogens with zero attached hydrogens (tertiary/aromatic N) is 2. The predicted molar refractivity (Wildman–Crippen MR) is 58.7 cm³/mol. The van der Waals surface area contributed by atoms with Crippen molar-refractivity contribution in [2.45, 2.75) is 20.3 Å². The largest absolute Gasteiger partial charge is 0.262 e. The van der Waals surface area contributed by atoms with Crippen LogP contribution in [0.2, 0.25) is 0 Å². The summed E-state index contributed by atoms with van der Waals surface area (Å²) in [5, 5.41) is 0. The van der Waals surface area contributed by atoms with E-state index in [1.807, 2.05) is 31.2 Å². The van der Waals surface area contributed by atoms with Crippen molar-refractivity contribution in [3.8, 4) is 0 Å². The molecule has 0 saturated heterocycles. The minimum Gasteiger partial charge on any atom is -0.262 e. The monoisotopic (exact) mass is 174 g/mol. The van der Waals surface area contributed by atoms with Crippen molar-refractivity contribution in [3.63, 3.8) is 0 Å². The number of aliphatic imine (C=N–C) groups is 2. The molecule has 0 radical (unpaired) electrons. The maximum Gasteiger partial charge on any atom is 0.0885 e. The Morgan fingerprint density at radius 2 is 1.92 bits per heavy atom. The lowest BCUT2D eigenvalue weighted by Crippen LogP contribution is -1.84. The van der Waals surface area contributed by atoms with E-state index in [1.165, 1.54) is 0 Å². The minimum atomic E-state index is 0.843. The van der Waals surface area contributed by atoms with Crippen LogP contribution in [0.1, 0.15) is 20.3 Å². The Hall–Kier alpha value is -1.44. The molecule has 0 amide bonds. The average Bonchev–Trinajstić information content (AvgIpc) is 2.18. The Labute approximate surface area is 79.0 Å². The summed E-state index contributed by atoms with van der Waals surface area (Å²) in [5.74, 6) is 0. The maximum atomic E-state index is 4.43. The third kappa shape index (κ3) is 2.51. The van der Waals surface area contributed by atoms with Gasteiger partial charge in [0.15, 0.2) is 0 Å². The smallest absolute Gasteiger partial charge is 0.0885 e. The van der Waals surface area contributed by atoms with Crippen molar-refractivity contribution >= 4 is 23.8 Å². The normalized spacial score (nSPS) is 11.4. The van der Waals surface area contributed by atoms with Gasteiger partial charge in [0.1, 0.15) is 0 Å². The molecule has 0 bridgehead atoms. The number of hydrogen-bond acceptors (Lipinski definition) is 2. The van der Waals surface area contributed by atoms with Crippen molar-refractivity contribution in [2.75, 3.05) is 0 Å². The number of benzene rings is 1. The molecule has 0 aliphatic carbocycles. The Balaban J connectivity index is 3.06. The molecule has 2 nitrogen and oxygen atoms in total. The summed E-state index contributed by atoms with van der Waals surface area (Å²) in [6.45, 7) is 7.61. The first-order valence-electron chi connectivity index (χ1n) is 4.38. The third-order valence-corrected chi connectivity index (χ3v) is 1.88. The quantitative estimate of drug-likeness (QED) is 0.626. The van der Waals surface area contributed by atoms with Crippen molar-refractivity contribution in [2.24, 2.45) is 9.98 Å². The lowest BCUT2D eigenvalue weighted by molar-refractivity contribution is 1.25. The van der Waals surface area contributed by atoms with Crippen LogP contribution in [0.3, 0.4) is 0 Å². The molecule has 1 rings (SSSR count). The van der Waals surface area contributed by atoms with Crippen molar-refractivity contribution in [1.29, 1.82) is 0 Å². The van der Waals surface area contributed by atoms with E-state index < -0.39 is 0 Å². The van der Waals surface area contributed by atoms with Crippen molar-refractivity contribution < 1.29 is 0 Å². The topological polar surface area (TPSA) is 24.7 Å². The molecule has 1 aromatic carbocycles. The van der Waals surface area contributed by atoms with Crippen LogP contribution >= 0.6 is 0 Å². The maximum absolute atomic E-state index is 4.43. The second-order valence-electron chi connectivity index (χ2n) is 2.85. The molecule has 0 heterocycles. The summed E-state index contributed by atoms with van der Waals surface area (Å²) in [4.78, 5) is 8.33. The first-order chi connectivity index (χ1) is 6.27. The van der Waals surface area contributed by atoms with Gasteiger partial charge in [-0.15, -0.1) is 0 Å². The molecule has 68 valence electrons. The number of rotatable bonds is 3. The highest BCUT2D eigenvalue weighted by Gasteiger charge is 1.96. The first kappa shape index (κ1) is 9.65. The molecule has 0 N–H and O–H groups in total. The highest BCUT2D eigenvalue weighted by molar-refractivity contribution is 5.86. The molecule has 0 aliphatic heterocycles. The molecule has 0 fully saturated rings. The molecule has 1 aromatic rings. The Morgan fingerprint density at radius 3 is 2.46 bits per heavy atom. The van der Waals surface area contributed by atoms with E-state index in [9.17, 15) is 0 Å². The molecule has 0 saturated carbocycles. The summed E-state index contributed by atoms with van der Waals surface area (Å²) in [5.41, 5.74) is 2.85.